The molecule has 0 saturated carbocycles. The molecular formula is C42H28N2. The van der Waals surface area contributed by atoms with Gasteiger partial charge in [-0.15, -0.1) is 0 Å². The number of hydrogen-bond acceptors (Lipinski definition) is 2. The molecule has 0 bridgehead atoms. The van der Waals surface area contributed by atoms with E-state index in [0.29, 0.717) is 0 Å². The molecule has 2 heterocycles. The molecule has 0 aliphatic carbocycles. The van der Waals surface area contributed by atoms with E-state index in [0.717, 1.165) is 40.7 Å². The molecule has 7 aromatic carbocycles. The van der Waals surface area contributed by atoms with Crippen molar-refractivity contribution in [3.05, 3.63) is 145 Å². The fourth-order valence-electron chi connectivity index (χ4n) is 7.00. The third-order valence-electron chi connectivity index (χ3n) is 9.12. The lowest BCUT2D eigenvalue weighted by atomic mass is 9.85. The number of aryl methyl sites for hydroxylation is 1. The average Bonchev–Trinajstić information content (AvgIpc) is 3.10. The van der Waals surface area contributed by atoms with E-state index in [1.807, 2.05) is 6.21 Å². The van der Waals surface area contributed by atoms with E-state index in [1.165, 1.54) is 60.1 Å². The normalized spacial score (nSPS) is 12.7. The van der Waals surface area contributed by atoms with Gasteiger partial charge in [-0.1, -0.05) is 127 Å². The van der Waals surface area contributed by atoms with Crippen molar-refractivity contribution in [3.63, 3.8) is 0 Å². The first-order valence-corrected chi connectivity index (χ1v) is 15.3. The van der Waals surface area contributed by atoms with E-state index in [9.17, 15) is 0 Å². The maximum Gasteiger partial charge on any atom is 0.0968 e. The van der Waals surface area contributed by atoms with Crippen LogP contribution in [-0.2, 0) is 6.42 Å². The van der Waals surface area contributed by atoms with Crippen molar-refractivity contribution in [1.82, 2.24) is 4.98 Å². The lowest BCUT2D eigenvalue weighted by Crippen LogP contribution is -1.96. The summed E-state index contributed by atoms with van der Waals surface area (Å²) in [6, 6.07) is 50.7. The summed E-state index contributed by atoms with van der Waals surface area (Å²) >= 11 is 0. The number of fused-ring (bicyclic) bond motifs is 6. The highest BCUT2D eigenvalue weighted by molar-refractivity contribution is 6.21. The van der Waals surface area contributed by atoms with E-state index in [2.05, 4.69) is 140 Å². The second kappa shape index (κ2) is 10.00. The summed E-state index contributed by atoms with van der Waals surface area (Å²) < 4.78 is 0. The Morgan fingerprint density at radius 3 is 1.75 bits per heavy atom. The SMILES string of the molecule is C1=Nc2c(ccc3ccc(-c4ccc(-c5c6ccccc6c(-c6ccc7ccccc7c6)c6ccccc56)cc4)nc23)CC1. The topological polar surface area (TPSA) is 25.2 Å². The molecule has 0 amide bonds. The van der Waals surface area contributed by atoms with Gasteiger partial charge in [0.1, 0.15) is 0 Å². The minimum Gasteiger partial charge on any atom is -0.259 e. The van der Waals surface area contributed by atoms with Crippen molar-refractivity contribution in [1.29, 1.82) is 0 Å². The van der Waals surface area contributed by atoms with Gasteiger partial charge in [0.25, 0.3) is 0 Å². The molecule has 0 radical (unpaired) electrons. The number of pyridine rings is 1. The van der Waals surface area contributed by atoms with Crippen LogP contribution in [0.5, 0.6) is 0 Å². The van der Waals surface area contributed by atoms with Crippen molar-refractivity contribution in [2.75, 3.05) is 0 Å². The second-order valence-electron chi connectivity index (χ2n) is 11.7. The van der Waals surface area contributed by atoms with E-state index < -0.39 is 0 Å². The Morgan fingerprint density at radius 2 is 1.02 bits per heavy atom. The summed E-state index contributed by atoms with van der Waals surface area (Å²) in [6.07, 6.45) is 4.04. The van der Waals surface area contributed by atoms with Crippen LogP contribution in [0.1, 0.15) is 12.0 Å². The molecule has 8 aromatic rings. The predicted molar refractivity (Wildman–Crippen MR) is 187 cm³/mol. The number of aliphatic imine (C=N–C) groups is 1. The van der Waals surface area contributed by atoms with Crippen LogP contribution in [0, 0.1) is 0 Å². The Hall–Kier alpha value is -5.60. The van der Waals surface area contributed by atoms with E-state index in [1.54, 1.807) is 0 Å². The summed E-state index contributed by atoms with van der Waals surface area (Å²) in [5, 5.41) is 8.70. The molecule has 0 N–H and O–H groups in total. The van der Waals surface area contributed by atoms with Crippen LogP contribution >= 0.6 is 0 Å². The summed E-state index contributed by atoms with van der Waals surface area (Å²) in [7, 11) is 0. The Labute approximate surface area is 256 Å². The third-order valence-corrected chi connectivity index (χ3v) is 9.12. The zero-order chi connectivity index (χ0) is 29.0. The zero-order valence-electron chi connectivity index (χ0n) is 24.2. The van der Waals surface area contributed by atoms with Gasteiger partial charge in [-0.05, 0) is 85.1 Å². The Balaban J connectivity index is 1.21. The highest BCUT2D eigenvalue weighted by Crippen LogP contribution is 2.44. The first-order valence-electron chi connectivity index (χ1n) is 15.3. The van der Waals surface area contributed by atoms with Gasteiger partial charge in [-0.2, -0.15) is 0 Å². The molecule has 0 fully saturated rings. The van der Waals surface area contributed by atoms with E-state index in [4.69, 9.17) is 9.98 Å². The first-order chi connectivity index (χ1) is 21.8. The van der Waals surface area contributed by atoms with Gasteiger partial charge in [-0.3, -0.25) is 4.99 Å². The molecule has 0 unspecified atom stereocenters. The number of hydrogen-bond donors (Lipinski definition) is 0. The lowest BCUT2D eigenvalue weighted by Gasteiger charge is -2.18. The number of rotatable bonds is 3. The molecule has 2 heteroatoms. The van der Waals surface area contributed by atoms with Crippen LogP contribution in [0.15, 0.2) is 145 Å². The summed E-state index contributed by atoms with van der Waals surface area (Å²) in [6.45, 7) is 0. The van der Waals surface area contributed by atoms with Gasteiger partial charge < -0.3 is 0 Å². The highest BCUT2D eigenvalue weighted by Gasteiger charge is 2.17. The van der Waals surface area contributed by atoms with Gasteiger partial charge in [0.2, 0.25) is 0 Å². The largest absolute Gasteiger partial charge is 0.259 e. The van der Waals surface area contributed by atoms with E-state index in [-0.39, 0.29) is 0 Å². The molecule has 206 valence electrons. The van der Waals surface area contributed by atoms with Crippen molar-refractivity contribution in [2.45, 2.75) is 12.8 Å². The fraction of sp³-hybridized carbons (Fsp3) is 0.0476. The first kappa shape index (κ1) is 24.9. The maximum atomic E-state index is 5.11. The fourth-order valence-corrected chi connectivity index (χ4v) is 7.00. The molecule has 2 nitrogen and oxygen atoms in total. The second-order valence-corrected chi connectivity index (χ2v) is 11.7. The number of aromatic nitrogens is 1. The minimum absolute atomic E-state index is 0.972. The molecule has 0 atom stereocenters. The van der Waals surface area contributed by atoms with Crippen molar-refractivity contribution < 1.29 is 0 Å². The van der Waals surface area contributed by atoms with Crippen LogP contribution in [0.25, 0.3) is 76.7 Å². The Kier molecular flexibility index (Phi) is 5.67. The molecular weight excluding hydrogens is 532 g/mol. The number of benzene rings is 7. The Bertz CT molecular complexity index is 2380. The van der Waals surface area contributed by atoms with Crippen LogP contribution in [-0.4, -0.2) is 11.2 Å². The Morgan fingerprint density at radius 1 is 0.455 bits per heavy atom. The predicted octanol–water partition coefficient (Wildman–Crippen LogP) is 11.3. The van der Waals surface area contributed by atoms with Crippen molar-refractivity contribution >= 4 is 55.1 Å². The monoisotopic (exact) mass is 560 g/mol. The third kappa shape index (κ3) is 3.95. The van der Waals surface area contributed by atoms with Crippen LogP contribution in [0.2, 0.25) is 0 Å². The van der Waals surface area contributed by atoms with Gasteiger partial charge >= 0.3 is 0 Å². The van der Waals surface area contributed by atoms with Crippen LogP contribution in [0.3, 0.4) is 0 Å². The molecule has 0 spiro atoms. The van der Waals surface area contributed by atoms with Crippen molar-refractivity contribution in [3.8, 4) is 33.5 Å². The maximum absolute atomic E-state index is 5.11. The van der Waals surface area contributed by atoms with Gasteiger partial charge in [0.05, 0.1) is 16.9 Å². The summed E-state index contributed by atoms with van der Waals surface area (Å²) in [5.41, 5.74) is 10.4. The standard InChI is InChI=1S/C42H28N2/c1-2-9-32-26-33(22-15-27(32)8-1)40-36-13-5-3-11-34(36)39(35-12-4-6-14-37(35)40)29-18-16-28(17-19-29)38-24-23-31-21-20-30-10-7-25-43-41(30)42(31)44-38/h1-6,8-9,11-26H,7,10H2. The van der Waals surface area contributed by atoms with Crippen molar-refractivity contribution in [2.24, 2.45) is 4.99 Å². The summed E-state index contributed by atoms with van der Waals surface area (Å²) in [4.78, 5) is 9.84. The number of nitrogens with zero attached hydrogens (tertiary/aromatic N) is 2. The van der Waals surface area contributed by atoms with Gasteiger partial charge in [-0.25, -0.2) is 4.98 Å². The van der Waals surface area contributed by atoms with Crippen LogP contribution in [0.4, 0.5) is 5.69 Å². The molecule has 1 aromatic heterocycles. The van der Waals surface area contributed by atoms with Crippen LogP contribution < -0.4 is 0 Å². The summed E-state index contributed by atoms with van der Waals surface area (Å²) in [5.74, 6) is 0. The van der Waals surface area contributed by atoms with Gasteiger partial charge in [0, 0.05) is 17.2 Å². The molecule has 1 aliphatic heterocycles. The van der Waals surface area contributed by atoms with Gasteiger partial charge in [0.15, 0.2) is 0 Å². The quantitative estimate of drug-likeness (QED) is 0.197. The van der Waals surface area contributed by atoms with E-state index >= 15 is 0 Å². The molecule has 0 saturated heterocycles. The lowest BCUT2D eigenvalue weighted by molar-refractivity contribution is 1.03. The average molecular weight is 561 g/mol. The zero-order valence-corrected chi connectivity index (χ0v) is 24.2. The minimum atomic E-state index is 0.972. The molecule has 9 rings (SSSR count). The highest BCUT2D eigenvalue weighted by atomic mass is 14.8. The smallest absolute Gasteiger partial charge is 0.0968 e. The molecule has 44 heavy (non-hydrogen) atoms. The molecule has 1 aliphatic rings.